The van der Waals surface area contributed by atoms with Crippen LogP contribution in [0.5, 0.6) is 0 Å². The van der Waals surface area contributed by atoms with E-state index in [4.69, 9.17) is 21.9 Å². The van der Waals surface area contributed by atoms with Crippen LogP contribution in [0.15, 0.2) is 0 Å². The molecule has 10 nitrogen and oxygen atoms in total. The summed E-state index contributed by atoms with van der Waals surface area (Å²) in [6.45, 7) is 0.337. The van der Waals surface area contributed by atoms with Crippen LogP contribution in [0, 0.1) is 0 Å². The van der Waals surface area contributed by atoms with Crippen LogP contribution in [0.25, 0.3) is 0 Å². The quantitative estimate of drug-likeness (QED) is 0.214. The van der Waals surface area contributed by atoms with Crippen molar-refractivity contribution in [2.75, 3.05) is 13.2 Å². The number of amides is 1. The van der Waals surface area contributed by atoms with Crippen molar-refractivity contribution in [2.45, 2.75) is 86.7 Å². The van der Waals surface area contributed by atoms with E-state index in [1.165, 1.54) is 0 Å². The van der Waals surface area contributed by atoms with Crippen molar-refractivity contribution in [2.24, 2.45) is 17.2 Å². The molecule has 2 aliphatic rings. The summed E-state index contributed by atoms with van der Waals surface area (Å²) < 4.78 is 5.68. The summed E-state index contributed by atoms with van der Waals surface area (Å²) in [5, 5.41) is 43.6. The lowest BCUT2D eigenvalue weighted by molar-refractivity contribution is -0.202. The fraction of sp³-hybridized carbons (Fsp3) is 0.941. The minimum absolute atomic E-state index is 0.172. The number of unbranched alkanes of at least 4 members (excludes halogenated alkanes) is 1. The van der Waals surface area contributed by atoms with Gasteiger partial charge < -0.3 is 47.7 Å². The van der Waals surface area contributed by atoms with Gasteiger partial charge in [0.05, 0.1) is 24.8 Å². The van der Waals surface area contributed by atoms with Crippen LogP contribution in [0.1, 0.15) is 38.5 Å². The highest BCUT2D eigenvalue weighted by molar-refractivity contribution is 5.81. The number of aliphatic hydroxyl groups is 4. The molecule has 10 heteroatoms. The molecule has 11 N–H and O–H groups in total. The Bertz CT molecular complexity index is 484. The van der Waals surface area contributed by atoms with Gasteiger partial charge in [0.1, 0.15) is 23.9 Å². The molecule has 158 valence electrons. The van der Waals surface area contributed by atoms with Gasteiger partial charge in [-0.1, -0.05) is 6.42 Å². The maximum atomic E-state index is 12.3. The molecular formula is C17H34N4O6. The number of carbonyl (C=O) groups excluding carboxylic acids is 1. The predicted molar refractivity (Wildman–Crippen MR) is 97.3 cm³/mol. The Kier molecular flexibility index (Phi) is 7.95. The Morgan fingerprint density at radius 3 is 2.59 bits per heavy atom. The van der Waals surface area contributed by atoms with E-state index in [0.717, 1.165) is 12.8 Å². The molecule has 0 aromatic carbocycles. The molecule has 0 bridgehead atoms. The van der Waals surface area contributed by atoms with Crippen LogP contribution in [0.2, 0.25) is 0 Å². The highest BCUT2D eigenvalue weighted by Gasteiger charge is 2.55. The van der Waals surface area contributed by atoms with E-state index in [2.05, 4.69) is 5.32 Å². The Morgan fingerprint density at radius 1 is 1.22 bits per heavy atom. The Balaban J connectivity index is 2.01. The SMILES string of the molecule is NCCCC[C@H](N)C(=O)N[C@@H]1C[C@H](N)[C@@]2(CC[C@@H](O)[C@@H](O)CO2)[C@H](O)[C@H]1O. The number of nitrogens with two attached hydrogens (primary N) is 3. The van der Waals surface area contributed by atoms with Crippen molar-refractivity contribution in [3.8, 4) is 0 Å². The molecular weight excluding hydrogens is 356 g/mol. The fourth-order valence-electron chi connectivity index (χ4n) is 3.93. The molecule has 1 aliphatic heterocycles. The van der Waals surface area contributed by atoms with E-state index < -0.39 is 54.0 Å². The largest absolute Gasteiger partial charge is 0.390 e. The third-order valence-electron chi connectivity index (χ3n) is 5.80. The molecule has 1 aliphatic carbocycles. The normalized spacial score (nSPS) is 41.1. The highest BCUT2D eigenvalue weighted by atomic mass is 16.5. The number of ether oxygens (including phenoxy) is 1. The monoisotopic (exact) mass is 390 g/mol. The van der Waals surface area contributed by atoms with Gasteiger partial charge in [0.15, 0.2) is 0 Å². The second-order valence-corrected chi connectivity index (χ2v) is 7.72. The topological polar surface area (TPSA) is 197 Å². The Hall–Kier alpha value is -0.850. The van der Waals surface area contributed by atoms with E-state index in [1.807, 2.05) is 0 Å². The lowest BCUT2D eigenvalue weighted by atomic mass is 9.71. The first kappa shape index (κ1) is 22.4. The number of carbonyl (C=O) groups is 1. The van der Waals surface area contributed by atoms with Crippen molar-refractivity contribution >= 4 is 5.91 Å². The minimum atomic E-state index is -1.38. The molecule has 2 fully saturated rings. The maximum absolute atomic E-state index is 12.3. The number of rotatable bonds is 6. The standard InChI is InChI=1S/C17H34N4O6/c18-6-2-1-3-9(19)16(26)21-10-7-13(20)17(15(25)14(10)24)5-4-11(22)12(23)8-27-17/h9-15,22-25H,1-8,18-20H2,(H,21,26)/t9-,10+,11+,12-,13-,14-,15+,17-/m0/s1. The minimum Gasteiger partial charge on any atom is -0.390 e. The molecule has 1 heterocycles. The van der Waals surface area contributed by atoms with Crippen molar-refractivity contribution in [3.63, 3.8) is 0 Å². The van der Waals surface area contributed by atoms with E-state index in [0.29, 0.717) is 13.0 Å². The zero-order valence-electron chi connectivity index (χ0n) is 15.5. The molecule has 1 saturated heterocycles. The Morgan fingerprint density at radius 2 is 1.93 bits per heavy atom. The van der Waals surface area contributed by atoms with E-state index >= 15 is 0 Å². The predicted octanol–water partition coefficient (Wildman–Crippen LogP) is -3.35. The molecule has 2 rings (SSSR count). The number of aliphatic hydroxyl groups excluding tert-OH is 4. The van der Waals surface area contributed by atoms with Crippen LogP contribution in [0.3, 0.4) is 0 Å². The van der Waals surface area contributed by atoms with E-state index in [-0.39, 0.29) is 25.9 Å². The third-order valence-corrected chi connectivity index (χ3v) is 5.80. The first-order valence-corrected chi connectivity index (χ1v) is 9.60. The smallest absolute Gasteiger partial charge is 0.237 e. The van der Waals surface area contributed by atoms with Gasteiger partial charge >= 0.3 is 0 Å². The summed E-state index contributed by atoms with van der Waals surface area (Å²) in [4.78, 5) is 12.3. The summed E-state index contributed by atoms with van der Waals surface area (Å²) in [7, 11) is 0. The van der Waals surface area contributed by atoms with Gasteiger partial charge in [-0.15, -0.1) is 0 Å². The third kappa shape index (κ3) is 4.96. The zero-order chi connectivity index (χ0) is 20.2. The van der Waals surface area contributed by atoms with Gasteiger partial charge in [-0.05, 0) is 38.6 Å². The van der Waals surface area contributed by atoms with E-state index in [1.54, 1.807) is 0 Å². The highest BCUT2D eigenvalue weighted by Crippen LogP contribution is 2.38. The van der Waals surface area contributed by atoms with Crippen molar-refractivity contribution in [3.05, 3.63) is 0 Å². The second-order valence-electron chi connectivity index (χ2n) is 7.72. The Labute approximate surface area is 159 Å². The number of hydrogen-bond acceptors (Lipinski definition) is 9. The van der Waals surface area contributed by atoms with Crippen LogP contribution >= 0.6 is 0 Å². The molecule has 0 aromatic heterocycles. The molecule has 0 radical (unpaired) electrons. The molecule has 0 unspecified atom stereocenters. The van der Waals surface area contributed by atoms with Crippen molar-refractivity contribution < 1.29 is 30.0 Å². The average Bonchev–Trinajstić information content (AvgIpc) is 2.79. The lowest BCUT2D eigenvalue weighted by Gasteiger charge is -2.50. The average molecular weight is 390 g/mol. The molecule has 1 amide bonds. The van der Waals surface area contributed by atoms with Gasteiger partial charge in [0.2, 0.25) is 5.91 Å². The van der Waals surface area contributed by atoms with Crippen LogP contribution in [-0.2, 0) is 9.53 Å². The van der Waals surface area contributed by atoms with Crippen LogP contribution < -0.4 is 22.5 Å². The first-order chi connectivity index (χ1) is 12.7. The van der Waals surface area contributed by atoms with Crippen LogP contribution in [-0.4, -0.2) is 87.6 Å². The fourth-order valence-corrected chi connectivity index (χ4v) is 3.93. The van der Waals surface area contributed by atoms with Gasteiger partial charge in [-0.25, -0.2) is 0 Å². The molecule has 8 atom stereocenters. The summed E-state index contributed by atoms with van der Waals surface area (Å²) in [5.41, 5.74) is 16.2. The number of hydrogen-bond donors (Lipinski definition) is 8. The van der Waals surface area contributed by atoms with Gasteiger partial charge in [0, 0.05) is 6.04 Å². The van der Waals surface area contributed by atoms with Gasteiger partial charge in [0.25, 0.3) is 0 Å². The van der Waals surface area contributed by atoms with Crippen molar-refractivity contribution in [1.82, 2.24) is 5.32 Å². The van der Waals surface area contributed by atoms with Gasteiger partial charge in [-0.2, -0.15) is 0 Å². The van der Waals surface area contributed by atoms with Gasteiger partial charge in [-0.3, -0.25) is 4.79 Å². The van der Waals surface area contributed by atoms with E-state index in [9.17, 15) is 25.2 Å². The maximum Gasteiger partial charge on any atom is 0.237 e. The summed E-state index contributed by atoms with van der Waals surface area (Å²) in [6, 6.07) is -2.20. The van der Waals surface area contributed by atoms with Crippen LogP contribution in [0.4, 0.5) is 0 Å². The van der Waals surface area contributed by atoms with Crippen molar-refractivity contribution in [1.29, 1.82) is 0 Å². The molecule has 1 spiro atoms. The zero-order valence-corrected chi connectivity index (χ0v) is 15.5. The molecule has 1 saturated carbocycles. The summed E-state index contributed by atoms with van der Waals surface area (Å²) in [6.07, 6.45) is -2.24. The molecule has 0 aromatic rings. The molecule has 27 heavy (non-hydrogen) atoms. The first-order valence-electron chi connectivity index (χ1n) is 9.60. The summed E-state index contributed by atoms with van der Waals surface area (Å²) >= 11 is 0. The summed E-state index contributed by atoms with van der Waals surface area (Å²) in [5.74, 6) is -0.418. The lowest BCUT2D eigenvalue weighted by Crippen LogP contribution is -2.71. The number of nitrogens with one attached hydrogen (secondary N) is 1. The second kappa shape index (κ2) is 9.57.